The molecule has 10 nitrogen and oxygen atoms in total. The van der Waals surface area contributed by atoms with Gasteiger partial charge in [0.25, 0.3) is 0 Å². The maximum absolute atomic E-state index is 12.9. The van der Waals surface area contributed by atoms with Gasteiger partial charge in [-0.15, -0.1) is 11.3 Å². The van der Waals surface area contributed by atoms with Gasteiger partial charge in [-0.3, -0.25) is 9.80 Å². The highest BCUT2D eigenvalue weighted by atomic mass is 32.2. The number of likely N-dealkylation sites (tertiary alicyclic amines) is 1. The smallest absolute Gasteiger partial charge is 0.367 e. The SMILES string of the molecule is Cc1c(CN2CCC(Nc3ncnc4sc(CC(F)(F)F)cc34)CC2)ccc2c1cc(C#N)n2CCN1CC(C)N(S(C)(=O)=O)CC1C. The van der Waals surface area contributed by atoms with Gasteiger partial charge in [0.05, 0.1) is 18.1 Å². The van der Waals surface area contributed by atoms with Crippen molar-refractivity contribution >= 4 is 48.3 Å². The normalized spacial score (nSPS) is 20.9. The number of halogens is 3. The molecule has 15 heteroatoms. The summed E-state index contributed by atoms with van der Waals surface area (Å²) in [5.74, 6) is 0.586. The van der Waals surface area contributed by atoms with Crippen LogP contribution in [0.5, 0.6) is 0 Å². The number of fused-ring (bicyclic) bond motifs is 2. The number of hydrogen-bond donors (Lipinski definition) is 1. The highest BCUT2D eigenvalue weighted by Gasteiger charge is 2.34. The lowest BCUT2D eigenvalue weighted by Crippen LogP contribution is -2.58. The lowest BCUT2D eigenvalue weighted by Gasteiger charge is -2.42. The number of alkyl halides is 3. The van der Waals surface area contributed by atoms with Crippen molar-refractivity contribution in [2.24, 2.45) is 0 Å². The number of sulfonamides is 1. The van der Waals surface area contributed by atoms with Crippen LogP contribution in [0.25, 0.3) is 21.1 Å². The Labute approximate surface area is 283 Å². The number of benzene rings is 1. The van der Waals surface area contributed by atoms with Gasteiger partial charge in [-0.05, 0) is 62.9 Å². The average Bonchev–Trinajstić information content (AvgIpc) is 3.59. The predicted octanol–water partition coefficient (Wildman–Crippen LogP) is 5.36. The van der Waals surface area contributed by atoms with E-state index in [1.165, 1.54) is 18.1 Å². The maximum Gasteiger partial charge on any atom is 0.393 e. The van der Waals surface area contributed by atoms with E-state index in [2.05, 4.69) is 54.8 Å². The quantitative estimate of drug-likeness (QED) is 0.248. The van der Waals surface area contributed by atoms with E-state index >= 15 is 0 Å². The number of nitrogens with zero attached hydrogens (tertiary/aromatic N) is 7. The number of anilines is 1. The van der Waals surface area contributed by atoms with Crippen LogP contribution in [0, 0.1) is 18.3 Å². The van der Waals surface area contributed by atoms with Crippen LogP contribution in [0.3, 0.4) is 0 Å². The minimum atomic E-state index is -4.27. The third-order valence-corrected chi connectivity index (χ3v) is 12.2. The van der Waals surface area contributed by atoms with Gasteiger partial charge in [0.1, 0.15) is 28.7 Å². The van der Waals surface area contributed by atoms with Gasteiger partial charge in [-0.2, -0.15) is 22.7 Å². The summed E-state index contributed by atoms with van der Waals surface area (Å²) in [4.78, 5) is 14.0. The molecule has 48 heavy (non-hydrogen) atoms. The molecule has 2 aliphatic heterocycles. The molecule has 2 saturated heterocycles. The second kappa shape index (κ2) is 13.5. The van der Waals surface area contributed by atoms with Crippen LogP contribution in [-0.4, -0.2) is 100 Å². The van der Waals surface area contributed by atoms with Crippen molar-refractivity contribution in [3.8, 4) is 6.07 Å². The van der Waals surface area contributed by atoms with Crippen LogP contribution in [-0.2, 0) is 29.5 Å². The minimum Gasteiger partial charge on any atom is -0.367 e. The predicted molar refractivity (Wildman–Crippen MR) is 183 cm³/mol. The van der Waals surface area contributed by atoms with Crippen molar-refractivity contribution in [1.29, 1.82) is 5.26 Å². The Morgan fingerprint density at radius 3 is 2.50 bits per heavy atom. The lowest BCUT2D eigenvalue weighted by atomic mass is 10.0. The van der Waals surface area contributed by atoms with Crippen molar-refractivity contribution < 1.29 is 21.6 Å². The summed E-state index contributed by atoms with van der Waals surface area (Å²) < 4.78 is 66.9. The topological polar surface area (TPSA) is 110 Å². The monoisotopic (exact) mass is 702 g/mol. The van der Waals surface area contributed by atoms with E-state index in [1.807, 2.05) is 19.9 Å². The Hall–Kier alpha value is -3.29. The van der Waals surface area contributed by atoms with Crippen molar-refractivity contribution in [2.45, 2.75) is 77.4 Å². The van der Waals surface area contributed by atoms with Crippen LogP contribution in [0.4, 0.5) is 19.0 Å². The van der Waals surface area contributed by atoms with Crippen molar-refractivity contribution in [1.82, 2.24) is 28.6 Å². The standard InChI is InChI=1S/C33H41F3N8O2S2/c1-21-18-44(48(4,45)46)22(2)17-42(21)11-12-43-26(16-37)13-28-23(3)24(5-6-30(28)43)19-41-9-7-25(8-10-41)40-31-29-14-27(15-33(34,35)36)47-32(29)39-20-38-31/h5-6,13-14,20-22,25H,7-12,15,17-19H2,1-4H3,(H,38,39,40). The molecular weight excluding hydrogens is 662 g/mol. The van der Waals surface area contributed by atoms with E-state index in [0.717, 1.165) is 60.3 Å². The van der Waals surface area contributed by atoms with Gasteiger partial charge < -0.3 is 9.88 Å². The van der Waals surface area contributed by atoms with E-state index in [1.54, 1.807) is 10.4 Å². The summed E-state index contributed by atoms with van der Waals surface area (Å²) in [7, 11) is -3.26. The van der Waals surface area contributed by atoms with Crippen LogP contribution < -0.4 is 5.32 Å². The first-order valence-electron chi connectivity index (χ1n) is 16.2. The van der Waals surface area contributed by atoms with E-state index in [0.29, 0.717) is 47.9 Å². The van der Waals surface area contributed by atoms with Gasteiger partial charge in [0.15, 0.2) is 0 Å². The summed E-state index contributed by atoms with van der Waals surface area (Å²) >= 11 is 1.06. The van der Waals surface area contributed by atoms with Gasteiger partial charge in [0.2, 0.25) is 10.0 Å². The van der Waals surface area contributed by atoms with Crippen molar-refractivity contribution in [3.63, 3.8) is 0 Å². The van der Waals surface area contributed by atoms with Crippen LogP contribution in [0.2, 0.25) is 0 Å². The molecule has 1 aromatic carbocycles. The fourth-order valence-corrected chi connectivity index (χ4v) is 9.40. The van der Waals surface area contributed by atoms with E-state index in [4.69, 9.17) is 0 Å². The number of aryl methyl sites for hydroxylation is 1. The van der Waals surface area contributed by atoms with Crippen LogP contribution >= 0.6 is 11.3 Å². The molecule has 258 valence electrons. The summed E-state index contributed by atoms with van der Waals surface area (Å²) in [6, 6.07) is 10.3. The zero-order chi connectivity index (χ0) is 34.4. The molecule has 1 N–H and O–H groups in total. The Kier molecular flexibility index (Phi) is 9.76. The molecular formula is C33H41F3N8O2S2. The van der Waals surface area contributed by atoms with Gasteiger partial charge in [0, 0.05) is 79.7 Å². The molecule has 0 radical (unpaired) electrons. The Balaban J connectivity index is 1.08. The molecule has 0 aliphatic carbocycles. The Bertz CT molecular complexity index is 1940. The van der Waals surface area contributed by atoms with Crippen LogP contribution in [0.15, 0.2) is 30.6 Å². The number of piperazine rings is 1. The number of thiophene rings is 1. The van der Waals surface area contributed by atoms with Gasteiger partial charge in [-0.25, -0.2) is 18.4 Å². The molecule has 2 unspecified atom stereocenters. The number of aromatic nitrogens is 3. The molecule has 2 aliphatic rings. The summed E-state index contributed by atoms with van der Waals surface area (Å²) in [5, 5.41) is 15.2. The molecule has 0 amide bonds. The Morgan fingerprint density at radius 2 is 1.81 bits per heavy atom. The Morgan fingerprint density at radius 1 is 1.06 bits per heavy atom. The second-order valence-electron chi connectivity index (χ2n) is 13.2. The molecule has 0 spiro atoms. The molecule has 4 aromatic rings. The fourth-order valence-electron chi connectivity index (χ4n) is 7.17. The van der Waals surface area contributed by atoms with Gasteiger partial charge >= 0.3 is 6.18 Å². The summed E-state index contributed by atoms with van der Waals surface area (Å²) in [6.07, 6.45) is -0.822. The highest BCUT2D eigenvalue weighted by molar-refractivity contribution is 7.88. The van der Waals surface area contributed by atoms with Crippen LogP contribution in [0.1, 0.15) is 48.4 Å². The summed E-state index contributed by atoms with van der Waals surface area (Å²) in [5.41, 5.74) is 4.00. The third-order valence-electron chi connectivity index (χ3n) is 9.75. The molecule has 0 bridgehead atoms. The third kappa shape index (κ3) is 7.47. The number of nitriles is 1. The van der Waals surface area contributed by atoms with E-state index < -0.39 is 22.6 Å². The summed E-state index contributed by atoms with van der Waals surface area (Å²) in [6.45, 7) is 11.1. The first kappa shape index (κ1) is 34.6. The first-order valence-corrected chi connectivity index (χ1v) is 18.9. The second-order valence-corrected chi connectivity index (χ2v) is 16.3. The largest absolute Gasteiger partial charge is 0.393 e. The molecule has 2 fully saturated rings. The lowest BCUT2D eigenvalue weighted by molar-refractivity contribution is -0.126. The van der Waals surface area contributed by atoms with E-state index in [-0.39, 0.29) is 23.0 Å². The highest BCUT2D eigenvalue weighted by Crippen LogP contribution is 2.33. The molecule has 6 rings (SSSR count). The molecule has 5 heterocycles. The zero-order valence-electron chi connectivity index (χ0n) is 27.6. The number of piperidine rings is 1. The molecule has 0 saturated carbocycles. The fraction of sp³-hybridized carbons (Fsp3) is 0.545. The minimum absolute atomic E-state index is 0.0738. The van der Waals surface area contributed by atoms with Crippen molar-refractivity contribution in [3.05, 3.63) is 52.3 Å². The number of hydrogen-bond acceptors (Lipinski definition) is 9. The van der Waals surface area contributed by atoms with Gasteiger partial charge in [-0.1, -0.05) is 6.07 Å². The molecule has 2 atom stereocenters. The average molecular weight is 703 g/mol. The van der Waals surface area contributed by atoms with E-state index in [9.17, 15) is 26.9 Å². The zero-order valence-corrected chi connectivity index (χ0v) is 29.2. The maximum atomic E-state index is 12.9. The first-order chi connectivity index (χ1) is 22.7. The molecule has 3 aromatic heterocycles. The number of rotatable bonds is 9. The van der Waals surface area contributed by atoms with Crippen molar-refractivity contribution in [2.75, 3.05) is 44.3 Å². The number of nitrogens with one attached hydrogen (secondary N) is 1.